The van der Waals surface area contributed by atoms with E-state index >= 15 is 0 Å². The van der Waals surface area contributed by atoms with Crippen molar-refractivity contribution in [3.8, 4) is 0 Å². The number of allylic oxidation sites excluding steroid dienone is 2. The first-order valence-electron chi connectivity index (χ1n) is 27.2. The molecule has 9 aliphatic rings. The monoisotopic (exact) mass is 1070 g/mol. The molecule has 430 valence electrons. The molecular formula is C53H86O22. The summed E-state index contributed by atoms with van der Waals surface area (Å²) < 4.78 is 48.7. The molecule has 0 bridgehead atoms. The fraction of sp³-hybridized carbons (Fsp3) is 0.943. The van der Waals surface area contributed by atoms with Crippen LogP contribution in [0.2, 0.25) is 0 Å². The van der Waals surface area contributed by atoms with Gasteiger partial charge in [-0.05, 0) is 109 Å². The molecule has 9 rings (SSSR count). The van der Waals surface area contributed by atoms with Crippen molar-refractivity contribution in [1.29, 1.82) is 0 Å². The van der Waals surface area contributed by atoms with Crippen LogP contribution in [-0.4, -0.2) is 222 Å². The predicted octanol–water partition coefficient (Wildman–Crippen LogP) is -1.40. The summed E-state index contributed by atoms with van der Waals surface area (Å²) in [6, 6.07) is 0. The van der Waals surface area contributed by atoms with Crippen molar-refractivity contribution in [3.05, 3.63) is 11.6 Å². The molecule has 75 heavy (non-hydrogen) atoms. The lowest BCUT2D eigenvalue weighted by Gasteiger charge is -2.71. The van der Waals surface area contributed by atoms with Crippen LogP contribution >= 0.6 is 0 Å². The highest BCUT2D eigenvalue weighted by molar-refractivity contribution is 5.79. The van der Waals surface area contributed by atoms with Gasteiger partial charge in [0.25, 0.3) is 0 Å². The molecule has 0 aromatic carbocycles. The number of ether oxygens (including phenoxy) is 8. The zero-order chi connectivity index (χ0) is 54.7. The second-order valence-corrected chi connectivity index (χ2v) is 25.8. The topological polar surface area (TPSA) is 354 Å². The first kappa shape index (κ1) is 58.1. The number of esters is 1. The fourth-order valence-corrected chi connectivity index (χ4v) is 16.2. The summed E-state index contributed by atoms with van der Waals surface area (Å²) in [6.45, 7) is 13.4. The van der Waals surface area contributed by atoms with Crippen LogP contribution < -0.4 is 0 Å². The summed E-state index contributed by atoms with van der Waals surface area (Å²) in [5.41, 5.74) is -1.03. The molecule has 22 nitrogen and oxygen atoms in total. The van der Waals surface area contributed by atoms with Gasteiger partial charge in [-0.1, -0.05) is 60.1 Å². The largest absolute Gasteiger partial charge is 0.432 e. The average molecular weight is 1080 g/mol. The van der Waals surface area contributed by atoms with E-state index in [2.05, 4.69) is 54.5 Å². The maximum Gasteiger partial charge on any atom is 0.315 e. The molecule has 27 atom stereocenters. The quantitative estimate of drug-likeness (QED) is 0.0643. The molecule has 4 heterocycles. The number of carbonyl (C=O) groups is 1. The van der Waals surface area contributed by atoms with Gasteiger partial charge in [-0.2, -0.15) is 0 Å². The van der Waals surface area contributed by atoms with Crippen molar-refractivity contribution >= 4 is 5.97 Å². The van der Waals surface area contributed by atoms with E-state index in [4.69, 9.17) is 37.9 Å². The first-order valence-corrected chi connectivity index (χ1v) is 27.2. The summed E-state index contributed by atoms with van der Waals surface area (Å²) in [6.07, 6.45) is -21.8. The van der Waals surface area contributed by atoms with Crippen LogP contribution in [0.4, 0.5) is 0 Å². The van der Waals surface area contributed by atoms with Gasteiger partial charge in [0.2, 0.25) is 6.29 Å². The predicted molar refractivity (Wildman–Crippen MR) is 257 cm³/mol. The SMILES string of the molecule is CC1(C)CCC2(C(=O)OC3OC(CO)C(O)C(O)C3O)CCC3(C)C(=CCC4C5(C)CCC(OC6OCC(O)C(OC7OC(CO)C(O)C(O)C7O)C6OC6OC(CO)C(O)C(O)C6O)C(C)(C)C5CCC43C)C2C1. The van der Waals surface area contributed by atoms with Gasteiger partial charge < -0.3 is 104 Å². The number of carbonyl (C=O) groups excluding carboxylic acids is 1. The smallest absolute Gasteiger partial charge is 0.315 e. The maximum atomic E-state index is 14.8. The Balaban J connectivity index is 0.976. The van der Waals surface area contributed by atoms with Gasteiger partial charge in [0, 0.05) is 0 Å². The van der Waals surface area contributed by atoms with Crippen LogP contribution in [0.5, 0.6) is 0 Å². The second kappa shape index (κ2) is 21.1. The molecule has 13 N–H and O–H groups in total. The van der Waals surface area contributed by atoms with E-state index in [1.807, 2.05) is 0 Å². The third-order valence-electron chi connectivity index (χ3n) is 21.0. The van der Waals surface area contributed by atoms with Crippen LogP contribution in [0, 0.1) is 50.2 Å². The van der Waals surface area contributed by atoms with Gasteiger partial charge in [0.05, 0.1) is 37.9 Å². The van der Waals surface area contributed by atoms with E-state index in [9.17, 15) is 71.2 Å². The van der Waals surface area contributed by atoms with Crippen molar-refractivity contribution in [3.63, 3.8) is 0 Å². The molecule has 5 aliphatic carbocycles. The Labute approximate surface area is 437 Å². The molecule has 0 amide bonds. The normalized spacial score (nSPS) is 53.5. The molecule has 0 aromatic heterocycles. The van der Waals surface area contributed by atoms with Crippen LogP contribution in [0.1, 0.15) is 113 Å². The summed E-state index contributed by atoms with van der Waals surface area (Å²) in [5, 5.41) is 138. The molecule has 8 fully saturated rings. The van der Waals surface area contributed by atoms with Crippen LogP contribution in [0.25, 0.3) is 0 Å². The molecular weight excluding hydrogens is 989 g/mol. The second-order valence-electron chi connectivity index (χ2n) is 25.8. The van der Waals surface area contributed by atoms with Crippen molar-refractivity contribution in [2.24, 2.45) is 50.2 Å². The summed E-state index contributed by atoms with van der Waals surface area (Å²) in [7, 11) is 0. The minimum absolute atomic E-state index is 0.0917. The van der Waals surface area contributed by atoms with E-state index in [-0.39, 0.29) is 46.0 Å². The van der Waals surface area contributed by atoms with E-state index in [1.165, 1.54) is 5.57 Å². The minimum Gasteiger partial charge on any atom is -0.432 e. The lowest BCUT2D eigenvalue weighted by Crippen LogP contribution is -2.67. The zero-order valence-electron chi connectivity index (χ0n) is 44.2. The third-order valence-corrected chi connectivity index (χ3v) is 21.0. The zero-order valence-corrected chi connectivity index (χ0v) is 44.2. The van der Waals surface area contributed by atoms with Crippen molar-refractivity contribution in [2.45, 2.75) is 235 Å². The summed E-state index contributed by atoms with van der Waals surface area (Å²) in [4.78, 5) is 14.8. The van der Waals surface area contributed by atoms with Crippen molar-refractivity contribution in [1.82, 2.24) is 0 Å². The summed E-state index contributed by atoms with van der Waals surface area (Å²) >= 11 is 0. The summed E-state index contributed by atoms with van der Waals surface area (Å²) in [5.74, 6) is -0.378. The third kappa shape index (κ3) is 9.50. The Morgan fingerprint density at radius 3 is 1.65 bits per heavy atom. The standard InChI is InChI=1S/C53H86O22/c1-48(2)14-16-53(47(67)75-45-40(66)37(63)34(60)28(21-56)71-45)17-15-51(6)23(24(53)18-48)8-9-30-50(5)12-11-31(49(3,4)29(50)10-13-52(30,51)7)72-46-42(74-44-39(65)36(62)33(59)27(20-55)70-44)41(25(57)22-68-46)73-43-38(64)35(61)32(58)26(19-54)69-43/h8,24-46,54-66H,9-22H2,1-7H3. The molecule has 27 unspecified atom stereocenters. The van der Waals surface area contributed by atoms with Crippen LogP contribution in [0.15, 0.2) is 11.6 Å². The minimum atomic E-state index is -1.87. The number of hydrogen-bond acceptors (Lipinski definition) is 22. The van der Waals surface area contributed by atoms with E-state index in [0.29, 0.717) is 25.7 Å². The number of hydrogen-bond donors (Lipinski definition) is 13. The van der Waals surface area contributed by atoms with Crippen LogP contribution in [-0.2, 0) is 42.7 Å². The fourth-order valence-electron chi connectivity index (χ4n) is 16.2. The number of rotatable bonds is 11. The Bertz CT molecular complexity index is 2050. The van der Waals surface area contributed by atoms with E-state index in [0.717, 1.165) is 38.5 Å². The molecule has 4 aliphatic heterocycles. The highest BCUT2D eigenvalue weighted by Crippen LogP contribution is 2.76. The van der Waals surface area contributed by atoms with E-state index in [1.54, 1.807) is 0 Å². The lowest BCUT2D eigenvalue weighted by atomic mass is 9.33. The highest BCUT2D eigenvalue weighted by atomic mass is 16.8. The van der Waals surface area contributed by atoms with Crippen molar-refractivity contribution in [2.75, 3.05) is 26.4 Å². The van der Waals surface area contributed by atoms with Gasteiger partial charge in [-0.3, -0.25) is 4.79 Å². The number of fused-ring (bicyclic) bond motifs is 7. The first-order chi connectivity index (χ1) is 35.1. The average Bonchev–Trinajstić information content (AvgIpc) is 3.36. The Morgan fingerprint density at radius 2 is 1.09 bits per heavy atom. The van der Waals surface area contributed by atoms with Crippen LogP contribution in [0.3, 0.4) is 0 Å². The highest BCUT2D eigenvalue weighted by Gasteiger charge is 2.70. The Kier molecular flexibility index (Phi) is 16.3. The van der Waals surface area contributed by atoms with Crippen molar-refractivity contribution < 1.29 is 109 Å². The molecule has 22 heteroatoms. The molecule has 4 saturated carbocycles. The number of aliphatic hydroxyl groups excluding tert-OH is 13. The van der Waals surface area contributed by atoms with Gasteiger partial charge in [0.15, 0.2) is 18.9 Å². The Hall–Kier alpha value is -1.59. The maximum absolute atomic E-state index is 14.8. The van der Waals surface area contributed by atoms with Gasteiger partial charge in [0.1, 0.15) is 91.6 Å². The van der Waals surface area contributed by atoms with Gasteiger partial charge >= 0.3 is 5.97 Å². The number of aliphatic hydroxyl groups is 13. The molecule has 0 aromatic rings. The molecule has 0 radical (unpaired) electrons. The van der Waals surface area contributed by atoms with Gasteiger partial charge in [-0.15, -0.1) is 0 Å². The van der Waals surface area contributed by atoms with E-state index < -0.39 is 159 Å². The Morgan fingerprint density at radius 1 is 0.573 bits per heavy atom. The lowest BCUT2D eigenvalue weighted by molar-refractivity contribution is -0.389. The van der Waals surface area contributed by atoms with Gasteiger partial charge in [-0.25, -0.2) is 0 Å². The molecule has 4 saturated heterocycles. The molecule has 0 spiro atoms.